The molecule has 0 amide bonds. The molecule has 0 saturated heterocycles. The first-order valence-corrected chi connectivity index (χ1v) is 4.70. The lowest BCUT2D eigenvalue weighted by Crippen LogP contribution is -1.91. The maximum Gasteiger partial charge on any atom is 0.101 e. The van der Waals surface area contributed by atoms with Crippen LogP contribution < -0.4 is 0 Å². The lowest BCUT2D eigenvalue weighted by Gasteiger charge is -2.00. The second-order valence-corrected chi connectivity index (χ2v) is 3.28. The van der Waals surface area contributed by atoms with Gasteiger partial charge in [0.15, 0.2) is 0 Å². The molecule has 0 aliphatic heterocycles. The first-order valence-electron chi connectivity index (χ1n) is 4.32. The summed E-state index contributed by atoms with van der Waals surface area (Å²) in [5.74, 6) is 0. The highest BCUT2D eigenvalue weighted by Gasteiger charge is 2.01. The van der Waals surface area contributed by atoms with Crippen LogP contribution in [0.2, 0.25) is 5.02 Å². The number of aromatic nitrogens is 1. The van der Waals surface area contributed by atoms with Crippen molar-refractivity contribution in [3.63, 3.8) is 0 Å². The lowest BCUT2D eigenvalue weighted by atomic mass is 10.1. The molecule has 0 aromatic carbocycles. The van der Waals surface area contributed by atoms with E-state index in [9.17, 15) is 0 Å². The van der Waals surface area contributed by atoms with E-state index in [0.29, 0.717) is 10.6 Å². The number of aryl methyl sites for hydroxylation is 1. The Morgan fingerprint density at radius 1 is 1.62 bits per heavy atom. The first kappa shape index (κ1) is 10.0. The number of nitrogens with zero attached hydrogens (tertiary/aromatic N) is 2. The van der Waals surface area contributed by atoms with E-state index in [0.717, 1.165) is 25.0 Å². The fraction of sp³-hybridized carbons (Fsp3) is 0.400. The summed E-state index contributed by atoms with van der Waals surface area (Å²) >= 11 is 5.75. The molecule has 3 heteroatoms. The van der Waals surface area contributed by atoms with Gasteiger partial charge in [-0.1, -0.05) is 24.9 Å². The van der Waals surface area contributed by atoms with E-state index in [1.165, 1.54) is 0 Å². The van der Waals surface area contributed by atoms with Gasteiger partial charge in [0.2, 0.25) is 0 Å². The monoisotopic (exact) mass is 194 g/mol. The summed E-state index contributed by atoms with van der Waals surface area (Å²) in [5.41, 5.74) is 1.46. The van der Waals surface area contributed by atoms with Gasteiger partial charge >= 0.3 is 0 Å². The molecule has 2 nitrogen and oxygen atoms in total. The molecule has 0 N–H and O–H groups in total. The summed E-state index contributed by atoms with van der Waals surface area (Å²) in [4.78, 5) is 4.14. The van der Waals surface area contributed by atoms with Crippen LogP contribution >= 0.6 is 11.6 Å². The van der Waals surface area contributed by atoms with Gasteiger partial charge in [0.1, 0.15) is 6.07 Å². The number of halogens is 1. The quantitative estimate of drug-likeness (QED) is 0.742. The molecule has 68 valence electrons. The van der Waals surface area contributed by atoms with Crippen LogP contribution in [0, 0.1) is 11.3 Å². The standard InChI is InChI=1S/C10H11ClN2/c1-2-3-4-9-5-8(6-12)10(11)7-13-9/h5,7H,2-4H2,1H3. The van der Waals surface area contributed by atoms with Crippen molar-refractivity contribution in [1.29, 1.82) is 5.26 Å². The molecular weight excluding hydrogens is 184 g/mol. The number of hydrogen-bond donors (Lipinski definition) is 0. The Hall–Kier alpha value is -1.07. The van der Waals surface area contributed by atoms with E-state index in [-0.39, 0.29) is 0 Å². The van der Waals surface area contributed by atoms with Crippen molar-refractivity contribution in [2.24, 2.45) is 0 Å². The number of unbranched alkanes of at least 4 members (excludes halogenated alkanes) is 1. The Morgan fingerprint density at radius 3 is 3.00 bits per heavy atom. The number of nitriles is 1. The minimum Gasteiger partial charge on any atom is -0.260 e. The van der Waals surface area contributed by atoms with Gasteiger partial charge in [-0.2, -0.15) is 5.26 Å². The normalized spacial score (nSPS) is 9.62. The van der Waals surface area contributed by atoms with Crippen LogP contribution in [0.25, 0.3) is 0 Å². The topological polar surface area (TPSA) is 36.7 Å². The summed E-state index contributed by atoms with van der Waals surface area (Å²) < 4.78 is 0. The van der Waals surface area contributed by atoms with Gasteiger partial charge < -0.3 is 0 Å². The minimum absolute atomic E-state index is 0.433. The largest absolute Gasteiger partial charge is 0.260 e. The Kier molecular flexibility index (Phi) is 3.72. The first-order chi connectivity index (χ1) is 6.27. The fourth-order valence-corrected chi connectivity index (χ4v) is 1.21. The summed E-state index contributed by atoms with van der Waals surface area (Å²) in [6, 6.07) is 3.80. The molecule has 0 aliphatic rings. The molecule has 0 radical (unpaired) electrons. The van der Waals surface area contributed by atoms with Crippen LogP contribution in [0.3, 0.4) is 0 Å². The molecule has 0 unspecified atom stereocenters. The third-order valence-electron chi connectivity index (χ3n) is 1.82. The SMILES string of the molecule is CCCCc1cc(C#N)c(Cl)cn1. The number of pyridine rings is 1. The minimum atomic E-state index is 0.433. The highest BCUT2D eigenvalue weighted by molar-refractivity contribution is 6.31. The van der Waals surface area contributed by atoms with Crippen LogP contribution in [0.4, 0.5) is 0 Å². The van der Waals surface area contributed by atoms with Gasteiger partial charge in [-0.3, -0.25) is 4.98 Å². The van der Waals surface area contributed by atoms with E-state index in [2.05, 4.69) is 11.9 Å². The zero-order valence-electron chi connectivity index (χ0n) is 7.55. The van der Waals surface area contributed by atoms with Crippen LogP contribution in [0.15, 0.2) is 12.3 Å². The van der Waals surface area contributed by atoms with Crippen LogP contribution in [0.5, 0.6) is 0 Å². The number of hydrogen-bond acceptors (Lipinski definition) is 2. The number of rotatable bonds is 3. The summed E-state index contributed by atoms with van der Waals surface area (Å²) in [7, 11) is 0. The molecular formula is C10H11ClN2. The zero-order chi connectivity index (χ0) is 9.68. The van der Waals surface area contributed by atoms with E-state index in [1.54, 1.807) is 12.3 Å². The summed E-state index contributed by atoms with van der Waals surface area (Å²) in [6.45, 7) is 2.13. The summed E-state index contributed by atoms with van der Waals surface area (Å²) in [6.07, 6.45) is 4.69. The predicted octanol–water partition coefficient (Wildman–Crippen LogP) is 2.95. The molecule has 1 rings (SSSR count). The van der Waals surface area contributed by atoms with Crippen molar-refractivity contribution in [2.75, 3.05) is 0 Å². The maximum absolute atomic E-state index is 8.71. The van der Waals surface area contributed by atoms with Gasteiger partial charge in [0.25, 0.3) is 0 Å². The van der Waals surface area contributed by atoms with Crippen molar-refractivity contribution in [3.05, 3.63) is 28.5 Å². The molecule has 1 aromatic rings. The Morgan fingerprint density at radius 2 is 2.38 bits per heavy atom. The highest BCUT2D eigenvalue weighted by Crippen LogP contribution is 2.15. The van der Waals surface area contributed by atoms with Gasteiger partial charge in [0.05, 0.1) is 10.6 Å². The molecule has 13 heavy (non-hydrogen) atoms. The molecule has 1 heterocycles. The molecule has 0 bridgehead atoms. The van der Waals surface area contributed by atoms with E-state index < -0.39 is 0 Å². The van der Waals surface area contributed by atoms with E-state index in [1.807, 2.05) is 6.07 Å². The smallest absolute Gasteiger partial charge is 0.101 e. The van der Waals surface area contributed by atoms with Crippen molar-refractivity contribution >= 4 is 11.6 Å². The second-order valence-electron chi connectivity index (χ2n) is 2.87. The van der Waals surface area contributed by atoms with Gasteiger partial charge in [0, 0.05) is 11.9 Å². The summed E-state index contributed by atoms with van der Waals surface area (Å²) in [5, 5.41) is 9.14. The van der Waals surface area contributed by atoms with E-state index >= 15 is 0 Å². The molecule has 1 aromatic heterocycles. The van der Waals surface area contributed by atoms with Crippen LogP contribution in [-0.4, -0.2) is 4.98 Å². The van der Waals surface area contributed by atoms with Gasteiger partial charge in [-0.05, 0) is 18.9 Å². The third kappa shape index (κ3) is 2.71. The Labute approximate surface area is 83.2 Å². The maximum atomic E-state index is 8.71. The van der Waals surface area contributed by atoms with Crippen molar-refractivity contribution in [2.45, 2.75) is 26.2 Å². The average molecular weight is 195 g/mol. The third-order valence-corrected chi connectivity index (χ3v) is 2.12. The molecule has 0 fully saturated rings. The van der Waals surface area contributed by atoms with Crippen molar-refractivity contribution < 1.29 is 0 Å². The zero-order valence-corrected chi connectivity index (χ0v) is 8.30. The van der Waals surface area contributed by atoms with Gasteiger partial charge in [-0.25, -0.2) is 0 Å². The average Bonchev–Trinajstić information content (AvgIpc) is 2.16. The Bertz CT molecular complexity index is 328. The van der Waals surface area contributed by atoms with Gasteiger partial charge in [-0.15, -0.1) is 0 Å². The van der Waals surface area contributed by atoms with Crippen LogP contribution in [-0.2, 0) is 6.42 Å². The molecule has 0 spiro atoms. The predicted molar refractivity (Wildman–Crippen MR) is 52.6 cm³/mol. The molecule has 0 saturated carbocycles. The van der Waals surface area contributed by atoms with E-state index in [4.69, 9.17) is 16.9 Å². The van der Waals surface area contributed by atoms with Crippen LogP contribution in [0.1, 0.15) is 31.0 Å². The lowest BCUT2D eigenvalue weighted by molar-refractivity contribution is 0.776. The fourth-order valence-electron chi connectivity index (χ4n) is 1.06. The second kappa shape index (κ2) is 4.84. The van der Waals surface area contributed by atoms with Crippen molar-refractivity contribution in [1.82, 2.24) is 4.98 Å². The molecule has 0 atom stereocenters. The Balaban J connectivity index is 2.82. The van der Waals surface area contributed by atoms with Crippen molar-refractivity contribution in [3.8, 4) is 6.07 Å². The highest BCUT2D eigenvalue weighted by atomic mass is 35.5. The molecule has 0 aliphatic carbocycles.